The third-order valence-electron chi connectivity index (χ3n) is 3.79. The number of hydrogen-bond acceptors (Lipinski definition) is 5. The van der Waals surface area contributed by atoms with Crippen molar-refractivity contribution in [2.45, 2.75) is 0 Å². The fourth-order valence-electron chi connectivity index (χ4n) is 2.67. The van der Waals surface area contributed by atoms with Gasteiger partial charge in [0.25, 0.3) is 0 Å². The van der Waals surface area contributed by atoms with E-state index < -0.39 is 0 Å². The van der Waals surface area contributed by atoms with Crippen LogP contribution in [0.1, 0.15) is 0 Å². The summed E-state index contributed by atoms with van der Waals surface area (Å²) >= 11 is 0. The SMILES string of the molecule is NNc1nc2[nH]ccc(=O)c2cc1-c1ccc2ncccc2c1. The van der Waals surface area contributed by atoms with Gasteiger partial charge >= 0.3 is 0 Å². The Morgan fingerprint density at radius 1 is 1.13 bits per heavy atom. The number of H-pyrrole nitrogens is 1. The van der Waals surface area contributed by atoms with Crippen molar-refractivity contribution in [2.24, 2.45) is 5.84 Å². The Kier molecular flexibility index (Phi) is 3.03. The lowest BCUT2D eigenvalue weighted by molar-refractivity contribution is 1.22. The number of aromatic amines is 1. The van der Waals surface area contributed by atoms with Gasteiger partial charge in [-0.2, -0.15) is 0 Å². The lowest BCUT2D eigenvalue weighted by Gasteiger charge is -2.10. The zero-order chi connectivity index (χ0) is 15.8. The summed E-state index contributed by atoms with van der Waals surface area (Å²) in [5, 5.41) is 1.53. The van der Waals surface area contributed by atoms with Crippen molar-refractivity contribution < 1.29 is 0 Å². The van der Waals surface area contributed by atoms with Crippen molar-refractivity contribution in [2.75, 3.05) is 5.43 Å². The van der Waals surface area contributed by atoms with Crippen molar-refractivity contribution in [3.63, 3.8) is 0 Å². The van der Waals surface area contributed by atoms with E-state index in [4.69, 9.17) is 5.84 Å². The van der Waals surface area contributed by atoms with E-state index in [0.717, 1.165) is 22.0 Å². The average molecular weight is 303 g/mol. The molecular weight excluding hydrogens is 290 g/mol. The summed E-state index contributed by atoms with van der Waals surface area (Å²) in [6.45, 7) is 0. The summed E-state index contributed by atoms with van der Waals surface area (Å²) in [6, 6.07) is 13.0. The fraction of sp³-hybridized carbons (Fsp3) is 0. The standard InChI is InChI=1S/C17H13N5O/c18-22-17-12(9-13-15(23)5-7-20-16(13)21-17)10-3-4-14-11(8-10)2-1-6-19-14/h1-9H,18H2,(H2,20,21,22,23). The number of hydrogen-bond donors (Lipinski definition) is 3. The molecule has 0 bridgehead atoms. The lowest BCUT2D eigenvalue weighted by atomic mass is 10.0. The van der Waals surface area contributed by atoms with Crippen LogP contribution in [0.4, 0.5) is 5.82 Å². The molecule has 0 radical (unpaired) electrons. The molecule has 6 heteroatoms. The quantitative estimate of drug-likeness (QED) is 0.390. The monoisotopic (exact) mass is 303 g/mol. The highest BCUT2D eigenvalue weighted by Crippen LogP contribution is 2.30. The number of aromatic nitrogens is 3. The van der Waals surface area contributed by atoms with Gasteiger partial charge in [-0.3, -0.25) is 9.78 Å². The van der Waals surface area contributed by atoms with Crippen LogP contribution >= 0.6 is 0 Å². The van der Waals surface area contributed by atoms with Gasteiger partial charge < -0.3 is 10.4 Å². The van der Waals surface area contributed by atoms with E-state index in [0.29, 0.717) is 16.9 Å². The predicted octanol–water partition coefficient (Wildman–Crippen LogP) is 2.42. The number of nitrogen functional groups attached to an aromatic ring is 1. The first-order chi connectivity index (χ1) is 11.3. The molecule has 23 heavy (non-hydrogen) atoms. The Morgan fingerprint density at radius 2 is 2.04 bits per heavy atom. The summed E-state index contributed by atoms with van der Waals surface area (Å²) in [5.74, 6) is 6.12. The molecule has 0 amide bonds. The van der Waals surface area contributed by atoms with Crippen LogP contribution in [0.25, 0.3) is 33.1 Å². The first-order valence-corrected chi connectivity index (χ1v) is 7.10. The second-order valence-corrected chi connectivity index (χ2v) is 5.18. The number of pyridine rings is 3. The van der Waals surface area contributed by atoms with Crippen LogP contribution in [0.15, 0.2) is 59.7 Å². The number of nitrogens with zero attached hydrogens (tertiary/aromatic N) is 2. The van der Waals surface area contributed by atoms with Gasteiger partial charge in [-0.25, -0.2) is 10.8 Å². The molecular formula is C17H13N5O. The zero-order valence-electron chi connectivity index (χ0n) is 12.1. The first-order valence-electron chi connectivity index (χ1n) is 7.10. The molecule has 0 aliphatic heterocycles. The highest BCUT2D eigenvalue weighted by molar-refractivity contribution is 5.91. The van der Waals surface area contributed by atoms with Crippen molar-refractivity contribution in [1.29, 1.82) is 0 Å². The molecule has 3 heterocycles. The maximum atomic E-state index is 12.1. The molecule has 3 aromatic heterocycles. The highest BCUT2D eigenvalue weighted by atomic mass is 16.1. The van der Waals surface area contributed by atoms with E-state index in [9.17, 15) is 4.79 Å². The third kappa shape index (κ3) is 2.21. The maximum absolute atomic E-state index is 12.1. The molecule has 4 aromatic rings. The van der Waals surface area contributed by atoms with E-state index in [1.54, 1.807) is 18.5 Å². The molecule has 112 valence electrons. The van der Waals surface area contributed by atoms with Gasteiger partial charge in [0.1, 0.15) is 11.5 Å². The molecule has 0 spiro atoms. The molecule has 1 aromatic carbocycles. The zero-order valence-corrected chi connectivity index (χ0v) is 12.1. The van der Waals surface area contributed by atoms with Gasteiger partial charge in [0, 0.05) is 29.4 Å². The second kappa shape index (κ2) is 5.19. The lowest BCUT2D eigenvalue weighted by Crippen LogP contribution is -2.12. The van der Waals surface area contributed by atoms with Crippen LogP contribution in [0.5, 0.6) is 0 Å². The van der Waals surface area contributed by atoms with E-state index in [1.807, 2.05) is 30.3 Å². The van der Waals surface area contributed by atoms with Crippen LogP contribution in [-0.2, 0) is 0 Å². The molecule has 0 saturated carbocycles. The molecule has 4 rings (SSSR count). The predicted molar refractivity (Wildman–Crippen MR) is 90.9 cm³/mol. The largest absolute Gasteiger partial charge is 0.346 e. The smallest absolute Gasteiger partial charge is 0.191 e. The topological polar surface area (TPSA) is 96.7 Å². The second-order valence-electron chi connectivity index (χ2n) is 5.18. The molecule has 0 unspecified atom stereocenters. The van der Waals surface area contributed by atoms with Gasteiger partial charge in [-0.1, -0.05) is 12.1 Å². The minimum absolute atomic E-state index is 0.0847. The van der Waals surface area contributed by atoms with Gasteiger partial charge in [-0.15, -0.1) is 0 Å². The number of hydrazine groups is 1. The summed E-state index contributed by atoms with van der Waals surface area (Å²) < 4.78 is 0. The van der Waals surface area contributed by atoms with Gasteiger partial charge in [0.05, 0.1) is 10.9 Å². The van der Waals surface area contributed by atoms with E-state index in [2.05, 4.69) is 20.4 Å². The highest BCUT2D eigenvalue weighted by Gasteiger charge is 2.11. The van der Waals surface area contributed by atoms with Crippen LogP contribution in [0.2, 0.25) is 0 Å². The summed E-state index contributed by atoms with van der Waals surface area (Å²) in [4.78, 5) is 23.7. The van der Waals surface area contributed by atoms with Crippen LogP contribution in [0, 0.1) is 0 Å². The van der Waals surface area contributed by atoms with Crippen LogP contribution in [-0.4, -0.2) is 15.0 Å². The molecule has 0 saturated heterocycles. The van der Waals surface area contributed by atoms with Crippen molar-refractivity contribution >= 4 is 27.8 Å². The van der Waals surface area contributed by atoms with Gasteiger partial charge in [0.15, 0.2) is 5.43 Å². The normalized spacial score (nSPS) is 11.0. The minimum atomic E-state index is -0.0847. The van der Waals surface area contributed by atoms with Gasteiger partial charge in [-0.05, 0) is 29.8 Å². The Hall–Kier alpha value is -3.25. The van der Waals surface area contributed by atoms with Crippen LogP contribution < -0.4 is 16.7 Å². The third-order valence-corrected chi connectivity index (χ3v) is 3.79. The Bertz CT molecular complexity index is 1090. The maximum Gasteiger partial charge on any atom is 0.191 e. The first kappa shape index (κ1) is 13.4. The van der Waals surface area contributed by atoms with Crippen molar-refractivity contribution in [1.82, 2.24) is 15.0 Å². The number of fused-ring (bicyclic) bond motifs is 2. The number of benzene rings is 1. The number of nitrogens with two attached hydrogens (primary N) is 1. The number of rotatable bonds is 2. The molecule has 0 fully saturated rings. The Morgan fingerprint density at radius 3 is 2.91 bits per heavy atom. The Labute approximate surface area is 131 Å². The van der Waals surface area contributed by atoms with E-state index in [-0.39, 0.29) is 5.43 Å². The number of anilines is 1. The summed E-state index contributed by atoms with van der Waals surface area (Å²) in [7, 11) is 0. The molecule has 0 atom stereocenters. The molecule has 0 aliphatic carbocycles. The fourth-order valence-corrected chi connectivity index (χ4v) is 2.67. The van der Waals surface area contributed by atoms with E-state index >= 15 is 0 Å². The van der Waals surface area contributed by atoms with Crippen molar-refractivity contribution in [3.8, 4) is 11.1 Å². The average Bonchev–Trinajstić information content (AvgIpc) is 2.60. The summed E-state index contributed by atoms with van der Waals surface area (Å²) in [5.41, 5.74) is 5.60. The van der Waals surface area contributed by atoms with E-state index in [1.165, 1.54) is 6.07 Å². The van der Waals surface area contributed by atoms with Crippen molar-refractivity contribution in [3.05, 3.63) is 65.1 Å². The molecule has 0 aliphatic rings. The Balaban J connectivity index is 2.02. The minimum Gasteiger partial charge on any atom is -0.346 e. The summed E-state index contributed by atoms with van der Waals surface area (Å²) in [6.07, 6.45) is 3.32. The molecule has 4 N–H and O–H groups in total. The van der Waals surface area contributed by atoms with Crippen LogP contribution in [0.3, 0.4) is 0 Å². The van der Waals surface area contributed by atoms with Gasteiger partial charge in [0.2, 0.25) is 0 Å². The molecule has 6 nitrogen and oxygen atoms in total. The number of nitrogens with one attached hydrogen (secondary N) is 2.